The third-order valence-electron chi connectivity index (χ3n) is 4.50. The number of hydrogen-bond donors (Lipinski definition) is 2. The minimum absolute atomic E-state index is 0.167. The van der Waals surface area contributed by atoms with Crippen LogP contribution in [0.4, 0.5) is 0 Å². The van der Waals surface area contributed by atoms with E-state index in [1.807, 2.05) is 0 Å². The zero-order chi connectivity index (χ0) is 17.3. The number of nitrogens with one attached hydrogen (secondary N) is 1. The van der Waals surface area contributed by atoms with Crippen molar-refractivity contribution in [2.24, 2.45) is 12.8 Å². The molecule has 0 unspecified atom stereocenters. The van der Waals surface area contributed by atoms with Crippen LogP contribution in [0.3, 0.4) is 0 Å². The highest BCUT2D eigenvalue weighted by Gasteiger charge is 2.40. The Morgan fingerprint density at radius 2 is 2.04 bits per heavy atom. The summed E-state index contributed by atoms with van der Waals surface area (Å²) >= 11 is 0. The van der Waals surface area contributed by atoms with Crippen LogP contribution in [0.5, 0.6) is 0 Å². The fourth-order valence-electron chi connectivity index (χ4n) is 3.13. The van der Waals surface area contributed by atoms with Crippen LogP contribution in [0.25, 0.3) is 11.5 Å². The number of oxazole rings is 1. The molecule has 0 spiro atoms. The quantitative estimate of drug-likeness (QED) is 0.876. The Morgan fingerprint density at radius 1 is 1.33 bits per heavy atom. The Morgan fingerprint density at radius 3 is 2.62 bits per heavy atom. The van der Waals surface area contributed by atoms with Crippen molar-refractivity contribution in [1.82, 2.24) is 20.1 Å². The first kappa shape index (κ1) is 16.2. The Hall–Kier alpha value is -2.64. The standard InChI is InChI=1S/C16H21N5O3/c1-10-12(19-14(24-10)11-8-18-21(2)9-11)13(22)20-16(15(17)23)6-4-3-5-7-16/h8-9H,3-7H2,1-2H3,(H2,17,23)(H,20,22). The molecular weight excluding hydrogens is 310 g/mol. The molecule has 8 heteroatoms. The van der Waals surface area contributed by atoms with E-state index in [0.717, 1.165) is 19.3 Å². The van der Waals surface area contributed by atoms with Crippen LogP contribution in [-0.4, -0.2) is 32.1 Å². The summed E-state index contributed by atoms with van der Waals surface area (Å²) in [6.45, 7) is 1.67. The van der Waals surface area contributed by atoms with Crippen LogP contribution in [0.2, 0.25) is 0 Å². The van der Waals surface area contributed by atoms with Gasteiger partial charge in [0.2, 0.25) is 11.8 Å². The highest BCUT2D eigenvalue weighted by Crippen LogP contribution is 2.29. The van der Waals surface area contributed by atoms with Gasteiger partial charge < -0.3 is 15.5 Å². The smallest absolute Gasteiger partial charge is 0.274 e. The van der Waals surface area contributed by atoms with Crippen molar-refractivity contribution in [3.8, 4) is 11.5 Å². The number of aromatic nitrogens is 3. The van der Waals surface area contributed by atoms with Crippen molar-refractivity contribution in [3.63, 3.8) is 0 Å². The summed E-state index contributed by atoms with van der Waals surface area (Å²) in [5.41, 5.74) is 5.42. The van der Waals surface area contributed by atoms with Gasteiger partial charge in [-0.05, 0) is 19.8 Å². The van der Waals surface area contributed by atoms with Gasteiger partial charge >= 0.3 is 0 Å². The first-order valence-electron chi connectivity index (χ1n) is 8.00. The van der Waals surface area contributed by atoms with Gasteiger partial charge in [0.05, 0.1) is 11.8 Å². The topological polar surface area (TPSA) is 116 Å². The van der Waals surface area contributed by atoms with Crippen LogP contribution < -0.4 is 11.1 Å². The van der Waals surface area contributed by atoms with Gasteiger partial charge in [0.1, 0.15) is 11.3 Å². The Labute approximate surface area is 139 Å². The fraction of sp³-hybridized carbons (Fsp3) is 0.500. The third-order valence-corrected chi connectivity index (χ3v) is 4.50. The lowest BCUT2D eigenvalue weighted by Gasteiger charge is -2.34. The molecule has 0 aromatic carbocycles. The van der Waals surface area contributed by atoms with E-state index < -0.39 is 17.4 Å². The number of nitrogens with two attached hydrogens (primary N) is 1. The summed E-state index contributed by atoms with van der Waals surface area (Å²) in [5, 5.41) is 6.86. The molecule has 24 heavy (non-hydrogen) atoms. The molecule has 2 aromatic heterocycles. The summed E-state index contributed by atoms with van der Waals surface area (Å²) in [4.78, 5) is 28.8. The van der Waals surface area contributed by atoms with Crippen molar-refractivity contribution in [3.05, 3.63) is 23.8 Å². The predicted octanol–water partition coefficient (Wildman–Crippen LogP) is 1.30. The second-order valence-electron chi connectivity index (χ2n) is 6.29. The van der Waals surface area contributed by atoms with Crippen LogP contribution >= 0.6 is 0 Å². The lowest BCUT2D eigenvalue weighted by atomic mass is 9.81. The molecule has 0 saturated heterocycles. The number of carbonyl (C=O) groups is 2. The van der Waals surface area contributed by atoms with E-state index in [1.54, 1.807) is 31.0 Å². The summed E-state index contributed by atoms with van der Waals surface area (Å²) in [6, 6.07) is 0. The Bertz CT molecular complexity index is 771. The molecule has 8 nitrogen and oxygen atoms in total. The van der Waals surface area contributed by atoms with Gasteiger partial charge in [-0.15, -0.1) is 0 Å². The SMILES string of the molecule is Cc1oc(-c2cnn(C)c2)nc1C(=O)NC1(C(N)=O)CCCCC1. The molecule has 2 aromatic rings. The molecule has 0 atom stereocenters. The lowest BCUT2D eigenvalue weighted by molar-refractivity contribution is -0.125. The van der Waals surface area contributed by atoms with Crippen LogP contribution in [-0.2, 0) is 11.8 Å². The third kappa shape index (κ3) is 2.91. The van der Waals surface area contributed by atoms with Gasteiger partial charge in [-0.25, -0.2) is 4.98 Å². The van der Waals surface area contributed by atoms with Crippen LogP contribution in [0.1, 0.15) is 48.4 Å². The number of nitrogens with zero attached hydrogens (tertiary/aromatic N) is 3. The van der Waals surface area contributed by atoms with Gasteiger partial charge in [0.15, 0.2) is 5.69 Å². The van der Waals surface area contributed by atoms with Crippen LogP contribution in [0, 0.1) is 6.92 Å². The van der Waals surface area contributed by atoms with Gasteiger partial charge in [0, 0.05) is 13.2 Å². The minimum Gasteiger partial charge on any atom is -0.440 e. The zero-order valence-electron chi connectivity index (χ0n) is 13.8. The van der Waals surface area contributed by atoms with E-state index in [0.29, 0.717) is 30.1 Å². The first-order chi connectivity index (χ1) is 11.4. The van der Waals surface area contributed by atoms with Gasteiger partial charge in [0.25, 0.3) is 5.91 Å². The zero-order valence-corrected chi connectivity index (χ0v) is 13.8. The van der Waals surface area contributed by atoms with Gasteiger partial charge in [-0.1, -0.05) is 19.3 Å². The summed E-state index contributed by atoms with van der Waals surface area (Å²) in [5.74, 6) is -0.222. The van der Waals surface area contributed by atoms with Gasteiger partial charge in [-0.2, -0.15) is 5.10 Å². The minimum atomic E-state index is -0.991. The molecule has 1 aliphatic rings. The molecule has 1 aliphatic carbocycles. The van der Waals surface area contributed by atoms with Crippen molar-refractivity contribution >= 4 is 11.8 Å². The van der Waals surface area contributed by atoms with E-state index in [2.05, 4.69) is 15.4 Å². The molecule has 128 valence electrons. The summed E-state index contributed by atoms with van der Waals surface area (Å²) in [7, 11) is 1.78. The van der Waals surface area contributed by atoms with E-state index in [1.165, 1.54) is 0 Å². The van der Waals surface area contributed by atoms with E-state index in [-0.39, 0.29) is 5.69 Å². The van der Waals surface area contributed by atoms with Crippen molar-refractivity contribution < 1.29 is 14.0 Å². The second-order valence-corrected chi connectivity index (χ2v) is 6.29. The Kier molecular flexibility index (Phi) is 4.13. The second kappa shape index (κ2) is 6.10. The molecule has 0 radical (unpaired) electrons. The average molecular weight is 331 g/mol. The summed E-state index contributed by atoms with van der Waals surface area (Å²) in [6.07, 6.45) is 7.24. The maximum absolute atomic E-state index is 12.6. The number of primary amides is 1. The monoisotopic (exact) mass is 331 g/mol. The van der Waals surface area contributed by atoms with E-state index in [9.17, 15) is 9.59 Å². The maximum atomic E-state index is 12.6. The Balaban J connectivity index is 1.84. The molecular formula is C16H21N5O3. The normalized spacial score (nSPS) is 16.8. The number of amides is 2. The maximum Gasteiger partial charge on any atom is 0.274 e. The molecule has 3 rings (SSSR count). The molecule has 0 aliphatic heterocycles. The number of hydrogen-bond acceptors (Lipinski definition) is 5. The van der Waals surface area contributed by atoms with Crippen molar-refractivity contribution in [2.75, 3.05) is 0 Å². The van der Waals surface area contributed by atoms with Crippen LogP contribution in [0.15, 0.2) is 16.8 Å². The summed E-state index contributed by atoms with van der Waals surface area (Å²) < 4.78 is 7.20. The van der Waals surface area contributed by atoms with Gasteiger partial charge in [-0.3, -0.25) is 14.3 Å². The fourth-order valence-corrected chi connectivity index (χ4v) is 3.13. The predicted molar refractivity (Wildman–Crippen MR) is 85.9 cm³/mol. The molecule has 1 fully saturated rings. The lowest BCUT2D eigenvalue weighted by Crippen LogP contribution is -2.58. The first-order valence-corrected chi connectivity index (χ1v) is 8.00. The largest absolute Gasteiger partial charge is 0.440 e. The highest BCUT2D eigenvalue weighted by atomic mass is 16.4. The molecule has 2 heterocycles. The molecule has 3 N–H and O–H groups in total. The van der Waals surface area contributed by atoms with E-state index >= 15 is 0 Å². The van der Waals surface area contributed by atoms with E-state index in [4.69, 9.17) is 10.2 Å². The molecule has 0 bridgehead atoms. The molecule has 1 saturated carbocycles. The number of carbonyl (C=O) groups excluding carboxylic acids is 2. The number of aryl methyl sites for hydroxylation is 2. The molecule has 2 amide bonds. The number of rotatable bonds is 4. The van der Waals surface area contributed by atoms with Crippen molar-refractivity contribution in [2.45, 2.75) is 44.6 Å². The van der Waals surface area contributed by atoms with Crippen molar-refractivity contribution in [1.29, 1.82) is 0 Å². The highest BCUT2D eigenvalue weighted by molar-refractivity contribution is 5.98. The average Bonchev–Trinajstić information content (AvgIpc) is 3.14.